The molecular weight excluding hydrogens is 212 g/mol. The van der Waals surface area contributed by atoms with Gasteiger partial charge in [-0.15, -0.1) is 0 Å². The predicted octanol–water partition coefficient (Wildman–Crippen LogP) is 1.24. The van der Waals surface area contributed by atoms with Gasteiger partial charge >= 0.3 is 0 Å². The van der Waals surface area contributed by atoms with Gasteiger partial charge in [-0.25, -0.2) is 0 Å². The van der Waals surface area contributed by atoms with E-state index in [1.54, 1.807) is 0 Å². The molecule has 0 radical (unpaired) electrons. The largest absolute Gasteiger partial charge is 0.306 e. The highest BCUT2D eigenvalue weighted by atomic mass is 16.1. The molecule has 0 atom stereocenters. The lowest BCUT2D eigenvalue weighted by Crippen LogP contribution is -2.62. The molecular formula is C14H24N2O. The Hall–Kier alpha value is -0.410. The van der Waals surface area contributed by atoms with E-state index < -0.39 is 0 Å². The maximum absolute atomic E-state index is 12.4. The number of carbonyl (C=O) groups excluding carboxylic acids is 1. The lowest BCUT2D eigenvalue weighted by atomic mass is 9.55. The van der Waals surface area contributed by atoms with Crippen molar-refractivity contribution in [3.63, 3.8) is 0 Å². The molecule has 0 aromatic rings. The second-order valence-corrected chi connectivity index (χ2v) is 6.76. The third-order valence-electron chi connectivity index (χ3n) is 5.09. The highest BCUT2D eigenvalue weighted by Crippen LogP contribution is 2.52. The molecule has 3 nitrogen and oxygen atoms in total. The van der Waals surface area contributed by atoms with E-state index in [2.05, 4.69) is 23.9 Å². The van der Waals surface area contributed by atoms with Crippen molar-refractivity contribution >= 4 is 5.78 Å². The topological polar surface area (TPSA) is 23.6 Å². The molecule has 0 aromatic heterocycles. The minimum Gasteiger partial charge on any atom is -0.306 e. The third kappa shape index (κ3) is 2.04. The van der Waals surface area contributed by atoms with Gasteiger partial charge in [0, 0.05) is 24.9 Å². The first-order valence-electron chi connectivity index (χ1n) is 6.99. The second kappa shape index (κ2) is 4.06. The first-order chi connectivity index (χ1) is 8.08. The molecule has 17 heavy (non-hydrogen) atoms. The molecule has 2 saturated heterocycles. The van der Waals surface area contributed by atoms with Gasteiger partial charge in [-0.05, 0) is 58.3 Å². The summed E-state index contributed by atoms with van der Waals surface area (Å²) in [6.07, 6.45) is 4.56. The van der Waals surface area contributed by atoms with Crippen LogP contribution in [0.1, 0.15) is 25.7 Å². The van der Waals surface area contributed by atoms with Crippen molar-refractivity contribution in [3.05, 3.63) is 0 Å². The van der Waals surface area contributed by atoms with E-state index in [9.17, 15) is 4.79 Å². The number of hydrogen-bond acceptors (Lipinski definition) is 3. The normalized spacial score (nSPS) is 31.2. The van der Waals surface area contributed by atoms with Crippen LogP contribution < -0.4 is 0 Å². The standard InChI is InChI=1S/C14H24N2O/c1-15-5-3-11(4-6-15)13(17)12-7-14(8-12)9-16(2)10-14/h11-12H,3-10H2,1-2H3. The summed E-state index contributed by atoms with van der Waals surface area (Å²) < 4.78 is 0. The number of carbonyl (C=O) groups is 1. The van der Waals surface area contributed by atoms with Crippen LogP contribution in [0.2, 0.25) is 0 Å². The van der Waals surface area contributed by atoms with Crippen LogP contribution >= 0.6 is 0 Å². The molecule has 3 fully saturated rings. The molecule has 0 unspecified atom stereocenters. The lowest BCUT2D eigenvalue weighted by Gasteiger charge is -2.58. The molecule has 1 aliphatic carbocycles. The van der Waals surface area contributed by atoms with Gasteiger partial charge in [0.2, 0.25) is 0 Å². The third-order valence-corrected chi connectivity index (χ3v) is 5.09. The zero-order chi connectivity index (χ0) is 12.0. The van der Waals surface area contributed by atoms with Crippen molar-refractivity contribution in [1.82, 2.24) is 9.80 Å². The summed E-state index contributed by atoms with van der Waals surface area (Å²) in [6, 6.07) is 0. The zero-order valence-electron chi connectivity index (χ0n) is 11.1. The lowest BCUT2D eigenvalue weighted by molar-refractivity contribution is -0.145. The predicted molar refractivity (Wildman–Crippen MR) is 67.9 cm³/mol. The minimum absolute atomic E-state index is 0.381. The Balaban J connectivity index is 1.48. The van der Waals surface area contributed by atoms with Crippen LogP contribution in [-0.2, 0) is 4.79 Å². The van der Waals surface area contributed by atoms with Crippen LogP contribution in [0.5, 0.6) is 0 Å². The van der Waals surface area contributed by atoms with Crippen molar-refractivity contribution in [2.24, 2.45) is 17.3 Å². The first-order valence-corrected chi connectivity index (χ1v) is 6.99. The zero-order valence-corrected chi connectivity index (χ0v) is 11.1. The minimum atomic E-state index is 0.381. The van der Waals surface area contributed by atoms with Crippen molar-refractivity contribution < 1.29 is 4.79 Å². The Kier molecular flexibility index (Phi) is 2.79. The monoisotopic (exact) mass is 236 g/mol. The van der Waals surface area contributed by atoms with Crippen LogP contribution in [0.25, 0.3) is 0 Å². The van der Waals surface area contributed by atoms with Gasteiger partial charge in [-0.1, -0.05) is 0 Å². The number of Topliss-reactive ketones (excluding diaryl/α,β-unsaturated/α-hetero) is 1. The van der Waals surface area contributed by atoms with Gasteiger partial charge in [-0.3, -0.25) is 4.79 Å². The summed E-state index contributed by atoms with van der Waals surface area (Å²) in [4.78, 5) is 17.1. The molecule has 3 heteroatoms. The molecule has 3 aliphatic rings. The highest BCUT2D eigenvalue weighted by Gasteiger charge is 2.53. The van der Waals surface area contributed by atoms with Crippen LogP contribution in [0.15, 0.2) is 0 Å². The summed E-state index contributed by atoms with van der Waals surface area (Å²) in [5, 5.41) is 0. The van der Waals surface area contributed by atoms with E-state index in [4.69, 9.17) is 0 Å². The first kappa shape index (κ1) is 11.7. The van der Waals surface area contributed by atoms with Crippen molar-refractivity contribution in [2.75, 3.05) is 40.3 Å². The van der Waals surface area contributed by atoms with Crippen LogP contribution in [0.3, 0.4) is 0 Å². The number of nitrogens with zero attached hydrogens (tertiary/aromatic N) is 2. The van der Waals surface area contributed by atoms with E-state index in [1.807, 2.05) is 0 Å². The SMILES string of the molecule is CN1CCC(C(=O)C2CC3(C2)CN(C)C3)CC1. The number of rotatable bonds is 2. The fourth-order valence-corrected chi connectivity index (χ4v) is 4.17. The van der Waals surface area contributed by atoms with Gasteiger partial charge in [-0.2, -0.15) is 0 Å². The molecule has 2 heterocycles. The van der Waals surface area contributed by atoms with Crippen LogP contribution in [0.4, 0.5) is 0 Å². The number of likely N-dealkylation sites (tertiary alicyclic amines) is 2. The van der Waals surface area contributed by atoms with Gasteiger partial charge in [0.05, 0.1) is 0 Å². The van der Waals surface area contributed by atoms with Gasteiger partial charge in [0.1, 0.15) is 5.78 Å². The number of hydrogen-bond donors (Lipinski definition) is 0. The van der Waals surface area contributed by atoms with Gasteiger partial charge in [0.15, 0.2) is 0 Å². The molecule has 1 saturated carbocycles. The van der Waals surface area contributed by atoms with E-state index in [1.165, 1.54) is 25.9 Å². The average Bonchev–Trinajstić information content (AvgIpc) is 2.21. The number of ketones is 1. The summed E-state index contributed by atoms with van der Waals surface area (Å²) in [5.41, 5.74) is 0.556. The maximum Gasteiger partial charge on any atom is 0.139 e. The maximum atomic E-state index is 12.4. The van der Waals surface area contributed by atoms with E-state index in [-0.39, 0.29) is 0 Å². The molecule has 2 aliphatic heterocycles. The molecule has 1 spiro atoms. The summed E-state index contributed by atoms with van der Waals surface area (Å²) >= 11 is 0. The quantitative estimate of drug-likeness (QED) is 0.721. The number of piperidine rings is 1. The van der Waals surface area contributed by atoms with Crippen molar-refractivity contribution in [1.29, 1.82) is 0 Å². The molecule has 0 aromatic carbocycles. The fourth-order valence-electron chi connectivity index (χ4n) is 4.17. The van der Waals surface area contributed by atoms with E-state index in [0.717, 1.165) is 25.9 Å². The Morgan fingerprint density at radius 1 is 1.00 bits per heavy atom. The highest BCUT2D eigenvalue weighted by molar-refractivity contribution is 5.84. The Bertz CT molecular complexity index is 306. The molecule has 0 N–H and O–H groups in total. The van der Waals surface area contributed by atoms with Crippen molar-refractivity contribution in [3.8, 4) is 0 Å². The molecule has 0 amide bonds. The summed E-state index contributed by atoms with van der Waals surface area (Å²) in [6.45, 7) is 4.67. The van der Waals surface area contributed by atoms with E-state index in [0.29, 0.717) is 23.0 Å². The second-order valence-electron chi connectivity index (χ2n) is 6.76. The molecule has 96 valence electrons. The van der Waals surface area contributed by atoms with Crippen LogP contribution in [0, 0.1) is 17.3 Å². The van der Waals surface area contributed by atoms with Gasteiger partial charge < -0.3 is 9.80 Å². The smallest absolute Gasteiger partial charge is 0.139 e. The summed E-state index contributed by atoms with van der Waals surface area (Å²) in [5.74, 6) is 1.39. The van der Waals surface area contributed by atoms with Crippen molar-refractivity contribution in [2.45, 2.75) is 25.7 Å². The fraction of sp³-hybridized carbons (Fsp3) is 0.929. The van der Waals surface area contributed by atoms with Gasteiger partial charge in [0.25, 0.3) is 0 Å². The van der Waals surface area contributed by atoms with E-state index >= 15 is 0 Å². The molecule has 0 bridgehead atoms. The Morgan fingerprint density at radius 2 is 1.59 bits per heavy atom. The average molecular weight is 236 g/mol. The Labute approximate surface area is 104 Å². The van der Waals surface area contributed by atoms with Crippen LogP contribution in [-0.4, -0.2) is 55.9 Å². The summed E-state index contributed by atoms with van der Waals surface area (Å²) in [7, 11) is 4.33. The molecule has 3 rings (SSSR count). The Morgan fingerprint density at radius 3 is 2.12 bits per heavy atom.